The average molecular weight is 444 g/mol. The van der Waals surface area contributed by atoms with Crippen molar-refractivity contribution < 1.29 is 24.3 Å². The lowest BCUT2D eigenvalue weighted by Crippen LogP contribution is -2.54. The van der Waals surface area contributed by atoms with Gasteiger partial charge in [-0.1, -0.05) is 44.6 Å². The Labute approximate surface area is 190 Å². The summed E-state index contributed by atoms with van der Waals surface area (Å²) in [5, 5.41) is 13.4. The SMILES string of the molecule is CC(=O)CC1CC(=O)C(O)CCC=CC2C=C(C)C(C)C3C(CC(C)C)NC(=O)C23C1=O. The highest BCUT2D eigenvalue weighted by atomic mass is 16.3. The molecule has 1 amide bonds. The van der Waals surface area contributed by atoms with Crippen molar-refractivity contribution in [2.45, 2.75) is 78.9 Å². The molecule has 0 aromatic rings. The summed E-state index contributed by atoms with van der Waals surface area (Å²) in [6.45, 7) is 9.72. The van der Waals surface area contributed by atoms with Gasteiger partial charge in [0.05, 0.1) is 0 Å². The lowest BCUT2D eigenvalue weighted by atomic mass is 9.53. The van der Waals surface area contributed by atoms with Crippen molar-refractivity contribution in [2.24, 2.45) is 35.0 Å². The van der Waals surface area contributed by atoms with Crippen LogP contribution < -0.4 is 5.32 Å². The number of aliphatic hydroxyl groups excluding tert-OH is 1. The third-order valence-corrected chi connectivity index (χ3v) is 7.68. The largest absolute Gasteiger partial charge is 0.385 e. The van der Waals surface area contributed by atoms with Gasteiger partial charge in [-0.3, -0.25) is 14.4 Å². The van der Waals surface area contributed by atoms with Crippen LogP contribution in [0.5, 0.6) is 0 Å². The number of rotatable bonds is 4. The first-order chi connectivity index (χ1) is 15.0. The Kier molecular flexibility index (Phi) is 7.23. The maximum Gasteiger partial charge on any atom is 0.235 e. The van der Waals surface area contributed by atoms with E-state index < -0.39 is 29.1 Å². The molecule has 0 saturated carbocycles. The van der Waals surface area contributed by atoms with Crippen LogP contribution in [-0.4, -0.2) is 40.5 Å². The summed E-state index contributed by atoms with van der Waals surface area (Å²) in [7, 11) is 0. The van der Waals surface area contributed by atoms with Crippen molar-refractivity contribution >= 4 is 23.3 Å². The number of allylic oxidation sites excluding steroid dienone is 4. The summed E-state index contributed by atoms with van der Waals surface area (Å²) in [4.78, 5) is 52.8. The van der Waals surface area contributed by atoms with Gasteiger partial charge in [-0.05, 0) is 44.9 Å². The van der Waals surface area contributed by atoms with Gasteiger partial charge in [-0.2, -0.15) is 0 Å². The van der Waals surface area contributed by atoms with Crippen molar-refractivity contribution in [3.8, 4) is 0 Å². The first-order valence-electron chi connectivity index (χ1n) is 11.9. The molecule has 6 heteroatoms. The first-order valence-corrected chi connectivity index (χ1v) is 11.9. The fourth-order valence-electron chi connectivity index (χ4n) is 6.15. The van der Waals surface area contributed by atoms with E-state index in [0.29, 0.717) is 12.3 Å². The maximum atomic E-state index is 14.3. The van der Waals surface area contributed by atoms with Crippen LogP contribution in [0, 0.1) is 35.0 Å². The quantitative estimate of drug-likeness (QED) is 0.513. The molecular formula is C26H37NO5. The molecule has 3 aliphatic rings. The molecule has 2 N–H and O–H groups in total. The van der Waals surface area contributed by atoms with Gasteiger partial charge in [0, 0.05) is 36.6 Å². The van der Waals surface area contributed by atoms with Crippen molar-refractivity contribution in [1.29, 1.82) is 0 Å². The average Bonchev–Trinajstić information content (AvgIpc) is 2.98. The summed E-state index contributed by atoms with van der Waals surface area (Å²) < 4.78 is 0. The molecule has 2 aliphatic carbocycles. The summed E-state index contributed by atoms with van der Waals surface area (Å²) in [5.74, 6) is -2.49. The predicted octanol–water partition coefficient (Wildman–Crippen LogP) is 3.18. The zero-order chi connectivity index (χ0) is 23.8. The molecular weight excluding hydrogens is 406 g/mol. The highest BCUT2D eigenvalue weighted by molar-refractivity contribution is 6.11. The zero-order valence-electron chi connectivity index (χ0n) is 19.9. The standard InChI is InChI=1S/C26H37NO5/c1-14(2)10-20-23-17(5)15(3)11-19-8-6-7-9-21(29)22(30)13-18(12-16(4)28)24(31)26(19,23)25(32)27-20/h6,8,11,14,17-21,23,29H,7,9-10,12-13H2,1-5H3,(H,27,32). The van der Waals surface area contributed by atoms with Crippen LogP contribution in [0.15, 0.2) is 23.8 Å². The summed E-state index contributed by atoms with van der Waals surface area (Å²) in [6, 6.07) is -0.148. The highest BCUT2D eigenvalue weighted by Gasteiger charge is 2.66. The lowest BCUT2D eigenvalue weighted by Gasteiger charge is -2.46. The van der Waals surface area contributed by atoms with Crippen LogP contribution in [0.3, 0.4) is 0 Å². The van der Waals surface area contributed by atoms with Gasteiger partial charge in [-0.15, -0.1) is 0 Å². The Balaban J connectivity index is 2.21. The van der Waals surface area contributed by atoms with E-state index in [1.54, 1.807) is 0 Å². The molecule has 176 valence electrons. The molecule has 0 bridgehead atoms. The molecule has 7 unspecified atom stereocenters. The highest BCUT2D eigenvalue weighted by Crippen LogP contribution is 2.56. The minimum Gasteiger partial charge on any atom is -0.385 e. The van der Waals surface area contributed by atoms with E-state index >= 15 is 0 Å². The zero-order valence-corrected chi connectivity index (χ0v) is 19.9. The van der Waals surface area contributed by atoms with Crippen molar-refractivity contribution in [1.82, 2.24) is 5.32 Å². The summed E-state index contributed by atoms with van der Waals surface area (Å²) in [5.41, 5.74) is -0.197. The summed E-state index contributed by atoms with van der Waals surface area (Å²) >= 11 is 0. The van der Waals surface area contributed by atoms with E-state index in [0.717, 1.165) is 12.0 Å². The van der Waals surface area contributed by atoms with Gasteiger partial charge < -0.3 is 15.2 Å². The molecule has 0 aromatic heterocycles. The maximum absolute atomic E-state index is 14.3. The first kappa shape index (κ1) is 24.6. The van der Waals surface area contributed by atoms with E-state index in [2.05, 4.69) is 26.1 Å². The molecule has 0 aromatic carbocycles. The Morgan fingerprint density at radius 2 is 1.97 bits per heavy atom. The van der Waals surface area contributed by atoms with Crippen LogP contribution >= 0.6 is 0 Å². The van der Waals surface area contributed by atoms with Gasteiger partial charge >= 0.3 is 0 Å². The molecule has 6 nitrogen and oxygen atoms in total. The molecule has 1 aliphatic heterocycles. The Morgan fingerprint density at radius 1 is 1.28 bits per heavy atom. The van der Waals surface area contributed by atoms with Gasteiger partial charge in [-0.25, -0.2) is 0 Å². The van der Waals surface area contributed by atoms with Crippen LogP contribution in [-0.2, 0) is 19.2 Å². The Morgan fingerprint density at radius 3 is 2.59 bits per heavy atom. The number of carbonyl (C=O) groups excluding carboxylic acids is 4. The third-order valence-electron chi connectivity index (χ3n) is 7.68. The molecule has 0 radical (unpaired) electrons. The molecule has 3 rings (SSSR count). The lowest BCUT2D eigenvalue weighted by molar-refractivity contribution is -0.150. The van der Waals surface area contributed by atoms with E-state index in [1.165, 1.54) is 6.92 Å². The molecule has 32 heavy (non-hydrogen) atoms. The van der Waals surface area contributed by atoms with E-state index in [4.69, 9.17) is 0 Å². The van der Waals surface area contributed by atoms with Crippen LogP contribution in [0.1, 0.15) is 66.7 Å². The molecule has 1 spiro atoms. The van der Waals surface area contributed by atoms with Crippen LogP contribution in [0.25, 0.3) is 0 Å². The minimum absolute atomic E-state index is 0.00991. The van der Waals surface area contributed by atoms with E-state index in [-0.39, 0.29) is 54.6 Å². The number of nitrogens with one attached hydrogen (secondary N) is 1. The van der Waals surface area contributed by atoms with E-state index in [1.807, 2.05) is 25.2 Å². The fourth-order valence-corrected chi connectivity index (χ4v) is 6.15. The summed E-state index contributed by atoms with van der Waals surface area (Å²) in [6.07, 6.45) is 5.84. The molecule has 1 saturated heterocycles. The molecule has 1 heterocycles. The smallest absolute Gasteiger partial charge is 0.235 e. The number of ketones is 3. The molecule has 7 atom stereocenters. The van der Waals surface area contributed by atoms with Crippen molar-refractivity contribution in [3.05, 3.63) is 23.8 Å². The number of aliphatic hydroxyl groups is 1. The van der Waals surface area contributed by atoms with Crippen molar-refractivity contribution in [3.63, 3.8) is 0 Å². The normalized spacial score (nSPS) is 38.0. The van der Waals surface area contributed by atoms with Gasteiger partial charge in [0.2, 0.25) is 5.91 Å². The predicted molar refractivity (Wildman–Crippen MR) is 122 cm³/mol. The third kappa shape index (κ3) is 4.26. The topological polar surface area (TPSA) is 101 Å². The van der Waals surface area contributed by atoms with Gasteiger partial charge in [0.25, 0.3) is 0 Å². The van der Waals surface area contributed by atoms with E-state index in [9.17, 15) is 24.3 Å². The number of carbonyl (C=O) groups is 4. The molecule has 1 fully saturated rings. The minimum atomic E-state index is -1.34. The van der Waals surface area contributed by atoms with Crippen LogP contribution in [0.2, 0.25) is 0 Å². The fraction of sp³-hybridized carbons (Fsp3) is 0.692. The number of hydrogen-bond donors (Lipinski definition) is 2. The van der Waals surface area contributed by atoms with Gasteiger partial charge in [0.15, 0.2) is 11.6 Å². The second-order valence-corrected chi connectivity index (χ2v) is 10.5. The van der Waals surface area contributed by atoms with Crippen LogP contribution in [0.4, 0.5) is 0 Å². The monoisotopic (exact) mass is 443 g/mol. The Bertz CT molecular complexity index is 856. The second kappa shape index (κ2) is 9.42. The van der Waals surface area contributed by atoms with Gasteiger partial charge in [0.1, 0.15) is 17.3 Å². The Hall–Kier alpha value is -2.08. The number of Topliss-reactive ketones (excluding diaryl/α,β-unsaturated/α-hetero) is 3. The number of hydrogen-bond acceptors (Lipinski definition) is 5. The second-order valence-electron chi connectivity index (χ2n) is 10.5. The number of amides is 1. The van der Waals surface area contributed by atoms with Crippen molar-refractivity contribution in [2.75, 3.05) is 0 Å².